The van der Waals surface area contributed by atoms with Crippen molar-refractivity contribution in [3.63, 3.8) is 0 Å². The number of nitrogens with two attached hydrogens (primary N) is 1. The van der Waals surface area contributed by atoms with Gasteiger partial charge in [-0.2, -0.15) is 0 Å². The lowest BCUT2D eigenvalue weighted by Gasteiger charge is -2.40. The van der Waals surface area contributed by atoms with Crippen LogP contribution >= 0.6 is 0 Å². The summed E-state index contributed by atoms with van der Waals surface area (Å²) in [5, 5.41) is 0. The zero-order valence-electron chi connectivity index (χ0n) is 16.0. The average molecular weight is 369 g/mol. The van der Waals surface area contributed by atoms with Gasteiger partial charge < -0.3 is 24.7 Å². The number of benzene rings is 2. The maximum Gasteiger partial charge on any atom is 0.203 e. The Morgan fingerprint density at radius 2 is 1.85 bits per heavy atom. The molecule has 1 aliphatic carbocycles. The first kappa shape index (κ1) is 18.1. The molecule has 2 aliphatic rings. The molecular weight excluding hydrogens is 342 g/mol. The Morgan fingerprint density at radius 1 is 1.00 bits per heavy atom. The van der Waals surface area contributed by atoms with Gasteiger partial charge in [-0.05, 0) is 48.1 Å². The van der Waals surface area contributed by atoms with Crippen molar-refractivity contribution in [1.29, 1.82) is 0 Å². The van der Waals surface area contributed by atoms with E-state index < -0.39 is 0 Å². The number of aryl methyl sites for hydroxylation is 1. The van der Waals surface area contributed by atoms with Crippen molar-refractivity contribution >= 4 is 0 Å². The highest BCUT2D eigenvalue weighted by atomic mass is 16.5. The second-order valence-electron chi connectivity index (χ2n) is 7.46. The molecule has 1 saturated heterocycles. The van der Waals surface area contributed by atoms with Gasteiger partial charge in [-0.15, -0.1) is 0 Å². The molecule has 0 saturated carbocycles. The van der Waals surface area contributed by atoms with Crippen molar-refractivity contribution < 1.29 is 18.9 Å². The minimum Gasteiger partial charge on any atom is -0.493 e. The summed E-state index contributed by atoms with van der Waals surface area (Å²) in [6.07, 6.45) is 3.43. The van der Waals surface area contributed by atoms with Gasteiger partial charge in [0.1, 0.15) is 0 Å². The van der Waals surface area contributed by atoms with E-state index in [4.69, 9.17) is 24.7 Å². The second-order valence-corrected chi connectivity index (χ2v) is 7.46. The largest absolute Gasteiger partial charge is 0.493 e. The third-order valence-corrected chi connectivity index (χ3v) is 5.71. The lowest BCUT2D eigenvalue weighted by atomic mass is 9.87. The van der Waals surface area contributed by atoms with Crippen molar-refractivity contribution in [3.8, 4) is 28.4 Å². The molecule has 0 aromatic heterocycles. The molecule has 1 heterocycles. The van der Waals surface area contributed by atoms with Crippen molar-refractivity contribution in [2.24, 2.45) is 11.1 Å². The summed E-state index contributed by atoms with van der Waals surface area (Å²) in [6.45, 7) is 2.29. The van der Waals surface area contributed by atoms with Gasteiger partial charge >= 0.3 is 0 Å². The monoisotopic (exact) mass is 369 g/mol. The highest BCUT2D eigenvalue weighted by molar-refractivity contribution is 5.79. The molecule has 1 fully saturated rings. The molecule has 0 atom stereocenters. The van der Waals surface area contributed by atoms with E-state index in [0.717, 1.165) is 24.2 Å². The Hall–Kier alpha value is -2.24. The van der Waals surface area contributed by atoms with E-state index in [1.54, 1.807) is 14.2 Å². The topological polar surface area (TPSA) is 62.9 Å². The van der Waals surface area contributed by atoms with E-state index in [2.05, 4.69) is 24.3 Å². The van der Waals surface area contributed by atoms with Crippen LogP contribution in [0, 0.1) is 5.41 Å². The Balaban J connectivity index is 1.78. The summed E-state index contributed by atoms with van der Waals surface area (Å²) >= 11 is 0. The summed E-state index contributed by atoms with van der Waals surface area (Å²) < 4.78 is 22.9. The standard InChI is InChI=1S/C22H27NO4/c1-24-19-10-9-18(17-8-4-6-15-5-3-7-16(15)17)20(21(19)25-2)27-14-22(11-23)12-26-13-22/h4,6,8-10H,3,5,7,11-14,23H2,1-2H3. The van der Waals surface area contributed by atoms with Crippen molar-refractivity contribution in [2.45, 2.75) is 19.3 Å². The highest BCUT2D eigenvalue weighted by Gasteiger charge is 2.39. The van der Waals surface area contributed by atoms with Crippen LogP contribution in [-0.2, 0) is 17.6 Å². The molecular formula is C22H27NO4. The molecule has 2 N–H and O–H groups in total. The maximum atomic E-state index is 6.35. The number of hydrogen-bond acceptors (Lipinski definition) is 5. The van der Waals surface area contributed by atoms with Crippen LogP contribution in [0.4, 0.5) is 0 Å². The first-order chi connectivity index (χ1) is 13.2. The molecule has 2 aromatic carbocycles. The number of rotatable bonds is 7. The van der Waals surface area contributed by atoms with Crippen LogP contribution in [0.2, 0.25) is 0 Å². The molecule has 144 valence electrons. The van der Waals surface area contributed by atoms with Crippen LogP contribution in [-0.4, -0.2) is 40.6 Å². The predicted molar refractivity (Wildman–Crippen MR) is 105 cm³/mol. The molecule has 0 radical (unpaired) electrons. The molecule has 2 aromatic rings. The van der Waals surface area contributed by atoms with Gasteiger partial charge in [0.15, 0.2) is 11.5 Å². The van der Waals surface area contributed by atoms with Gasteiger partial charge in [-0.25, -0.2) is 0 Å². The van der Waals surface area contributed by atoms with Gasteiger partial charge in [0.05, 0.1) is 39.5 Å². The molecule has 0 bridgehead atoms. The van der Waals surface area contributed by atoms with Crippen LogP contribution in [0.1, 0.15) is 17.5 Å². The van der Waals surface area contributed by atoms with Crippen molar-refractivity contribution in [2.75, 3.05) is 40.6 Å². The highest BCUT2D eigenvalue weighted by Crippen LogP contribution is 2.47. The SMILES string of the molecule is COc1ccc(-c2cccc3c2CCC3)c(OCC2(CN)COC2)c1OC. The molecule has 5 nitrogen and oxygen atoms in total. The molecule has 0 spiro atoms. The Bertz CT molecular complexity index is 824. The van der Waals surface area contributed by atoms with Crippen LogP contribution in [0.25, 0.3) is 11.1 Å². The quantitative estimate of drug-likeness (QED) is 0.812. The fourth-order valence-electron chi connectivity index (χ4n) is 4.00. The number of methoxy groups -OCH3 is 2. The summed E-state index contributed by atoms with van der Waals surface area (Å²) in [5.41, 5.74) is 10.9. The fraction of sp³-hybridized carbons (Fsp3) is 0.455. The lowest BCUT2D eigenvalue weighted by Crippen LogP contribution is -2.52. The average Bonchev–Trinajstić information content (AvgIpc) is 3.15. The van der Waals surface area contributed by atoms with Gasteiger partial charge in [-0.3, -0.25) is 0 Å². The van der Waals surface area contributed by atoms with Gasteiger partial charge in [-0.1, -0.05) is 18.2 Å². The van der Waals surface area contributed by atoms with E-state index >= 15 is 0 Å². The third-order valence-electron chi connectivity index (χ3n) is 5.71. The van der Waals surface area contributed by atoms with Crippen LogP contribution in [0.15, 0.2) is 30.3 Å². The number of ether oxygens (including phenoxy) is 4. The maximum absolute atomic E-state index is 6.35. The van der Waals surface area contributed by atoms with E-state index in [9.17, 15) is 0 Å². The Kier molecular flexibility index (Phi) is 4.98. The van der Waals surface area contributed by atoms with Crippen LogP contribution < -0.4 is 19.9 Å². The molecule has 5 heteroatoms. The molecule has 1 aliphatic heterocycles. The normalized spacial score (nSPS) is 17.1. The van der Waals surface area contributed by atoms with Crippen LogP contribution in [0.3, 0.4) is 0 Å². The molecule has 0 unspecified atom stereocenters. The summed E-state index contributed by atoms with van der Waals surface area (Å²) in [6, 6.07) is 10.5. The first-order valence-corrected chi connectivity index (χ1v) is 9.48. The first-order valence-electron chi connectivity index (χ1n) is 9.48. The summed E-state index contributed by atoms with van der Waals surface area (Å²) in [7, 11) is 3.29. The zero-order chi connectivity index (χ0) is 18.9. The fourth-order valence-corrected chi connectivity index (χ4v) is 4.00. The van der Waals surface area contributed by atoms with Gasteiger partial charge in [0.25, 0.3) is 0 Å². The lowest BCUT2D eigenvalue weighted by molar-refractivity contribution is -0.125. The van der Waals surface area contributed by atoms with E-state index in [1.165, 1.54) is 23.1 Å². The van der Waals surface area contributed by atoms with Gasteiger partial charge in [0.2, 0.25) is 5.75 Å². The smallest absolute Gasteiger partial charge is 0.203 e. The minimum absolute atomic E-state index is 0.121. The summed E-state index contributed by atoms with van der Waals surface area (Å²) in [5.74, 6) is 2.00. The van der Waals surface area contributed by atoms with E-state index in [1.807, 2.05) is 6.07 Å². The minimum atomic E-state index is -0.121. The van der Waals surface area contributed by atoms with Crippen molar-refractivity contribution in [3.05, 3.63) is 41.5 Å². The van der Waals surface area contributed by atoms with E-state index in [0.29, 0.717) is 37.9 Å². The molecule has 0 amide bonds. The Labute approximate surface area is 160 Å². The number of fused-ring (bicyclic) bond motifs is 1. The molecule has 4 rings (SSSR count). The van der Waals surface area contributed by atoms with Crippen molar-refractivity contribution in [1.82, 2.24) is 0 Å². The number of hydrogen-bond donors (Lipinski definition) is 1. The predicted octanol–water partition coefficient (Wildman–Crippen LogP) is 3.21. The molecule has 27 heavy (non-hydrogen) atoms. The van der Waals surface area contributed by atoms with Gasteiger partial charge in [0, 0.05) is 12.1 Å². The third kappa shape index (κ3) is 3.15. The van der Waals surface area contributed by atoms with Crippen LogP contribution in [0.5, 0.6) is 17.2 Å². The second kappa shape index (κ2) is 7.41. The Morgan fingerprint density at radius 3 is 2.52 bits per heavy atom. The zero-order valence-corrected chi connectivity index (χ0v) is 16.0. The summed E-state index contributed by atoms with van der Waals surface area (Å²) in [4.78, 5) is 0. The van der Waals surface area contributed by atoms with E-state index in [-0.39, 0.29) is 5.41 Å².